The Hall–Kier alpha value is -3.36. The van der Waals surface area contributed by atoms with Gasteiger partial charge in [-0.1, -0.05) is 41.7 Å². The molecule has 0 N–H and O–H groups in total. The number of benzene rings is 3. The monoisotopic (exact) mass is 479 g/mol. The molecule has 0 fully saturated rings. The van der Waals surface area contributed by atoms with Gasteiger partial charge in [0.2, 0.25) is 0 Å². The molecule has 0 saturated carbocycles. The number of thiazole rings is 1. The molecule has 0 aliphatic heterocycles. The molecule has 4 rings (SSSR count). The lowest BCUT2D eigenvalue weighted by atomic mass is 10.1. The third-order valence-corrected chi connectivity index (χ3v) is 6.59. The topological polar surface area (TPSA) is 64.1 Å². The molecule has 8 heteroatoms. The Morgan fingerprint density at radius 3 is 2.41 bits per heavy atom. The standard InChI is InChI=1S/C26H29N3O4S/c1-28(2)14-7-15-29(26-27-24-21(31-3)12-13-22(32-4)25(24)34-26)23(30)17-33-20-11-10-18-8-5-6-9-19(18)16-20/h5-6,8-13,16H,7,14-15,17H2,1-4H3. The number of anilines is 1. The van der Waals surface area contributed by atoms with Crippen LogP contribution in [0.3, 0.4) is 0 Å². The van der Waals surface area contributed by atoms with Crippen LogP contribution in [0.4, 0.5) is 5.13 Å². The van der Waals surface area contributed by atoms with Crippen molar-refractivity contribution in [1.29, 1.82) is 0 Å². The van der Waals surface area contributed by atoms with Gasteiger partial charge in [0.1, 0.15) is 27.5 Å². The van der Waals surface area contributed by atoms with Crippen LogP contribution in [0.25, 0.3) is 21.0 Å². The van der Waals surface area contributed by atoms with E-state index in [-0.39, 0.29) is 12.5 Å². The Bertz CT molecular complexity index is 1250. The maximum atomic E-state index is 13.3. The summed E-state index contributed by atoms with van der Waals surface area (Å²) in [4.78, 5) is 21.9. The van der Waals surface area contributed by atoms with Gasteiger partial charge in [-0.05, 0) is 62.1 Å². The molecule has 0 unspecified atom stereocenters. The lowest BCUT2D eigenvalue weighted by molar-refractivity contribution is -0.120. The first-order valence-corrected chi connectivity index (χ1v) is 11.9. The van der Waals surface area contributed by atoms with Gasteiger partial charge < -0.3 is 19.1 Å². The molecular formula is C26H29N3O4S. The zero-order valence-corrected chi connectivity index (χ0v) is 20.7. The number of nitrogens with zero attached hydrogens (tertiary/aromatic N) is 3. The second-order valence-corrected chi connectivity index (χ2v) is 9.12. The predicted molar refractivity (Wildman–Crippen MR) is 138 cm³/mol. The van der Waals surface area contributed by atoms with Crippen LogP contribution in [-0.4, -0.2) is 63.8 Å². The van der Waals surface area contributed by atoms with Gasteiger partial charge in [0.15, 0.2) is 11.7 Å². The van der Waals surface area contributed by atoms with Gasteiger partial charge in [-0.2, -0.15) is 0 Å². The fraction of sp³-hybridized carbons (Fsp3) is 0.308. The number of carbonyl (C=O) groups is 1. The number of amides is 1. The number of carbonyl (C=O) groups excluding carboxylic acids is 1. The highest BCUT2D eigenvalue weighted by atomic mass is 32.1. The van der Waals surface area contributed by atoms with Crippen LogP contribution in [0, 0.1) is 0 Å². The maximum Gasteiger partial charge on any atom is 0.266 e. The van der Waals surface area contributed by atoms with E-state index in [4.69, 9.17) is 19.2 Å². The molecule has 0 aliphatic carbocycles. The fourth-order valence-electron chi connectivity index (χ4n) is 3.74. The molecule has 7 nitrogen and oxygen atoms in total. The summed E-state index contributed by atoms with van der Waals surface area (Å²) in [7, 11) is 7.26. The summed E-state index contributed by atoms with van der Waals surface area (Å²) in [6, 6.07) is 17.6. The van der Waals surface area contributed by atoms with Gasteiger partial charge in [-0.3, -0.25) is 9.69 Å². The van der Waals surface area contributed by atoms with Gasteiger partial charge in [0.25, 0.3) is 5.91 Å². The smallest absolute Gasteiger partial charge is 0.266 e. The summed E-state index contributed by atoms with van der Waals surface area (Å²) in [5.41, 5.74) is 0.683. The molecule has 4 aromatic rings. The van der Waals surface area contributed by atoms with Crippen molar-refractivity contribution in [3.63, 3.8) is 0 Å². The average molecular weight is 480 g/mol. The predicted octanol–water partition coefficient (Wildman–Crippen LogP) is 4.83. The molecule has 0 saturated heterocycles. The number of aromatic nitrogens is 1. The Labute approximate surface area is 203 Å². The van der Waals surface area contributed by atoms with Crippen molar-refractivity contribution in [2.75, 3.05) is 52.9 Å². The summed E-state index contributed by atoms with van der Waals surface area (Å²) >= 11 is 1.42. The summed E-state index contributed by atoms with van der Waals surface area (Å²) in [5.74, 6) is 1.86. The van der Waals surface area contributed by atoms with Crippen LogP contribution in [0.2, 0.25) is 0 Å². The molecule has 1 heterocycles. The van der Waals surface area contributed by atoms with E-state index in [1.54, 1.807) is 19.1 Å². The summed E-state index contributed by atoms with van der Waals surface area (Å²) in [5, 5.41) is 2.80. The van der Waals surface area contributed by atoms with Crippen molar-refractivity contribution in [2.45, 2.75) is 6.42 Å². The van der Waals surface area contributed by atoms with Gasteiger partial charge in [0.05, 0.1) is 14.2 Å². The molecule has 0 radical (unpaired) electrons. The fourth-order valence-corrected chi connectivity index (χ4v) is 4.86. The average Bonchev–Trinajstić information content (AvgIpc) is 3.29. The van der Waals surface area contributed by atoms with Crippen molar-refractivity contribution in [3.05, 3.63) is 54.6 Å². The normalized spacial score (nSPS) is 11.2. The SMILES string of the molecule is COc1ccc(OC)c2sc(N(CCCN(C)C)C(=O)COc3ccc4ccccc4c3)nc12. The first kappa shape index (κ1) is 23.8. The molecule has 34 heavy (non-hydrogen) atoms. The lowest BCUT2D eigenvalue weighted by Crippen LogP contribution is -2.36. The highest BCUT2D eigenvalue weighted by Crippen LogP contribution is 2.40. The summed E-state index contributed by atoms with van der Waals surface area (Å²) < 4.78 is 17.7. The second kappa shape index (κ2) is 10.7. The maximum absolute atomic E-state index is 13.3. The molecule has 1 aromatic heterocycles. The highest BCUT2D eigenvalue weighted by Gasteiger charge is 2.23. The highest BCUT2D eigenvalue weighted by molar-refractivity contribution is 7.22. The second-order valence-electron chi connectivity index (χ2n) is 8.14. The zero-order chi connectivity index (χ0) is 24.1. The number of methoxy groups -OCH3 is 2. The molecule has 0 bridgehead atoms. The Balaban J connectivity index is 1.59. The molecule has 1 amide bonds. The van der Waals surface area contributed by atoms with Crippen LogP contribution in [-0.2, 0) is 4.79 Å². The number of hydrogen-bond donors (Lipinski definition) is 0. The van der Waals surface area contributed by atoms with E-state index in [0.717, 1.165) is 28.4 Å². The van der Waals surface area contributed by atoms with Crippen LogP contribution in [0.1, 0.15) is 6.42 Å². The van der Waals surface area contributed by atoms with Crippen LogP contribution in [0.5, 0.6) is 17.2 Å². The van der Waals surface area contributed by atoms with Gasteiger partial charge in [0, 0.05) is 6.54 Å². The number of rotatable bonds is 10. The van der Waals surface area contributed by atoms with Crippen molar-refractivity contribution in [3.8, 4) is 17.2 Å². The third kappa shape index (κ3) is 5.24. The minimum atomic E-state index is -0.149. The van der Waals surface area contributed by atoms with Crippen molar-refractivity contribution in [1.82, 2.24) is 9.88 Å². The molecule has 3 aromatic carbocycles. The third-order valence-electron chi connectivity index (χ3n) is 5.50. The molecule has 0 spiro atoms. The minimum absolute atomic E-state index is 0.0789. The minimum Gasteiger partial charge on any atom is -0.495 e. The van der Waals surface area contributed by atoms with Gasteiger partial charge in [-0.15, -0.1) is 0 Å². The zero-order valence-electron chi connectivity index (χ0n) is 19.9. The van der Waals surface area contributed by atoms with Gasteiger partial charge in [-0.25, -0.2) is 4.98 Å². The van der Waals surface area contributed by atoms with Crippen molar-refractivity contribution >= 4 is 43.4 Å². The first-order valence-electron chi connectivity index (χ1n) is 11.1. The molecule has 0 aliphatic rings. The number of ether oxygens (including phenoxy) is 3. The number of fused-ring (bicyclic) bond motifs is 2. The number of hydrogen-bond acceptors (Lipinski definition) is 7. The lowest BCUT2D eigenvalue weighted by Gasteiger charge is -2.21. The van der Waals surface area contributed by atoms with Crippen molar-refractivity contribution < 1.29 is 19.0 Å². The van der Waals surface area contributed by atoms with E-state index in [2.05, 4.69) is 4.90 Å². The molecular weight excluding hydrogens is 450 g/mol. The van der Waals surface area contributed by atoms with E-state index < -0.39 is 0 Å². The van der Waals surface area contributed by atoms with Crippen LogP contribution in [0.15, 0.2) is 54.6 Å². The van der Waals surface area contributed by atoms with Crippen molar-refractivity contribution in [2.24, 2.45) is 0 Å². The van der Waals surface area contributed by atoms with E-state index in [1.807, 2.05) is 68.7 Å². The van der Waals surface area contributed by atoms with E-state index in [1.165, 1.54) is 11.3 Å². The molecule has 0 atom stereocenters. The van der Waals surface area contributed by atoms with E-state index in [9.17, 15) is 4.79 Å². The quantitative estimate of drug-likeness (QED) is 0.325. The van der Waals surface area contributed by atoms with Gasteiger partial charge >= 0.3 is 0 Å². The molecule has 178 valence electrons. The van der Waals surface area contributed by atoms with Crippen LogP contribution < -0.4 is 19.1 Å². The largest absolute Gasteiger partial charge is 0.495 e. The Morgan fingerprint density at radius 1 is 0.941 bits per heavy atom. The summed E-state index contributed by atoms with van der Waals surface area (Å²) in [6.45, 7) is 1.31. The van der Waals surface area contributed by atoms with Crippen LogP contribution >= 0.6 is 11.3 Å². The first-order chi connectivity index (χ1) is 16.5. The Morgan fingerprint density at radius 2 is 1.68 bits per heavy atom. The van der Waals surface area contributed by atoms with E-state index in [0.29, 0.717) is 34.4 Å². The Kier molecular flexibility index (Phi) is 7.49. The summed E-state index contributed by atoms with van der Waals surface area (Å²) in [6.07, 6.45) is 0.804. The van der Waals surface area contributed by atoms with E-state index >= 15 is 0 Å².